The first-order chi connectivity index (χ1) is 21.8. The van der Waals surface area contributed by atoms with Gasteiger partial charge in [-0.3, -0.25) is 0 Å². The summed E-state index contributed by atoms with van der Waals surface area (Å²) in [5.41, 5.74) is 9.25. The van der Waals surface area contributed by atoms with Crippen molar-refractivity contribution in [2.75, 3.05) is 9.80 Å². The summed E-state index contributed by atoms with van der Waals surface area (Å²) < 4.78 is 0. The van der Waals surface area contributed by atoms with Gasteiger partial charge in [0.05, 0.1) is 22.8 Å². The van der Waals surface area contributed by atoms with Crippen molar-refractivity contribution in [1.82, 2.24) is 9.97 Å². The third-order valence-corrected chi connectivity index (χ3v) is 7.56. The molecular weight excluding hydrogens is 647 g/mol. The summed E-state index contributed by atoms with van der Waals surface area (Å²) >= 11 is 0. The molecule has 6 aromatic rings. The van der Waals surface area contributed by atoms with E-state index < -0.39 is 0 Å². The van der Waals surface area contributed by atoms with Crippen molar-refractivity contribution in [3.05, 3.63) is 179 Å². The van der Waals surface area contributed by atoms with Crippen molar-refractivity contribution in [2.45, 2.75) is 0 Å². The number of hydrogen-bond acceptors (Lipinski definition) is 4. The maximum Gasteiger partial charge on any atom is 2.00 e. The SMILES string of the molecule is C(=C1/[N-]c2ccccc2N1c1ccccc1)/c1cccc(-c2cccc(/C=C3\[N-]c4ccccc4N3c3ccccc3)n2)n1.[Pd+2]. The van der Waals surface area contributed by atoms with Gasteiger partial charge in [0.25, 0.3) is 0 Å². The number of aromatic nitrogens is 2. The van der Waals surface area contributed by atoms with Gasteiger partial charge in [0, 0.05) is 0 Å². The topological polar surface area (TPSA) is 60.5 Å². The number of pyridine rings is 2. The van der Waals surface area contributed by atoms with Crippen LogP contribution in [0.4, 0.5) is 34.1 Å². The Morgan fingerprint density at radius 1 is 0.422 bits per heavy atom. The van der Waals surface area contributed by atoms with E-state index in [9.17, 15) is 0 Å². The van der Waals surface area contributed by atoms with Crippen LogP contribution in [0.2, 0.25) is 0 Å². The largest absolute Gasteiger partial charge is 2.00 e. The molecule has 0 saturated carbocycles. The third-order valence-electron chi connectivity index (χ3n) is 7.56. The van der Waals surface area contributed by atoms with Crippen molar-refractivity contribution in [3.63, 3.8) is 0 Å². The summed E-state index contributed by atoms with van der Waals surface area (Å²) in [7, 11) is 0. The molecule has 2 aliphatic rings. The molecule has 218 valence electrons. The van der Waals surface area contributed by atoms with Gasteiger partial charge < -0.3 is 20.4 Å². The minimum Gasteiger partial charge on any atom is -0.436 e. The molecule has 0 atom stereocenters. The van der Waals surface area contributed by atoms with E-state index in [1.54, 1.807) is 0 Å². The van der Waals surface area contributed by atoms with E-state index in [0.29, 0.717) is 0 Å². The van der Waals surface area contributed by atoms with Crippen molar-refractivity contribution >= 4 is 46.3 Å². The number of benzene rings is 4. The molecule has 0 fully saturated rings. The smallest absolute Gasteiger partial charge is 0.436 e. The molecule has 8 rings (SSSR count). The molecule has 0 spiro atoms. The second-order valence-electron chi connectivity index (χ2n) is 10.4. The van der Waals surface area contributed by atoms with Crippen LogP contribution in [0.25, 0.3) is 34.2 Å². The Morgan fingerprint density at radius 2 is 0.822 bits per heavy atom. The molecule has 2 aliphatic heterocycles. The number of fused-ring (bicyclic) bond motifs is 2. The normalized spacial score (nSPS) is 14.8. The van der Waals surface area contributed by atoms with E-state index in [0.717, 1.165) is 68.5 Å². The van der Waals surface area contributed by atoms with Crippen molar-refractivity contribution in [2.24, 2.45) is 0 Å². The van der Waals surface area contributed by atoms with Crippen LogP contribution in [-0.4, -0.2) is 9.97 Å². The van der Waals surface area contributed by atoms with Crippen LogP contribution in [0.1, 0.15) is 11.4 Å². The first-order valence-electron chi connectivity index (χ1n) is 14.5. The first-order valence-corrected chi connectivity index (χ1v) is 14.5. The summed E-state index contributed by atoms with van der Waals surface area (Å²) in [6.07, 6.45) is 4.05. The van der Waals surface area contributed by atoms with Gasteiger partial charge in [-0.25, -0.2) is 9.97 Å². The van der Waals surface area contributed by atoms with Crippen LogP contribution < -0.4 is 9.80 Å². The quantitative estimate of drug-likeness (QED) is 0.171. The molecule has 6 nitrogen and oxygen atoms in total. The van der Waals surface area contributed by atoms with Crippen LogP contribution in [0.15, 0.2) is 157 Å². The van der Waals surface area contributed by atoms with Gasteiger partial charge in [-0.2, -0.15) is 0 Å². The summed E-state index contributed by atoms with van der Waals surface area (Å²) in [5, 5.41) is 9.87. The number of hydrogen-bond donors (Lipinski definition) is 0. The summed E-state index contributed by atoms with van der Waals surface area (Å²) in [5.74, 6) is 1.63. The molecule has 7 heteroatoms. The fourth-order valence-corrected chi connectivity index (χ4v) is 5.59. The van der Waals surface area contributed by atoms with Gasteiger partial charge in [-0.05, 0) is 70.5 Å². The zero-order chi connectivity index (χ0) is 29.3. The Balaban J connectivity index is 0.00000325. The summed E-state index contributed by atoms with van der Waals surface area (Å²) in [6.45, 7) is 0. The zero-order valence-electron chi connectivity index (χ0n) is 24.0. The van der Waals surface area contributed by atoms with Gasteiger partial charge in [-0.1, -0.05) is 133 Å². The minimum absolute atomic E-state index is 0. The predicted octanol–water partition coefficient (Wildman–Crippen LogP) is 10.5. The molecule has 0 bridgehead atoms. The minimum atomic E-state index is 0. The maximum absolute atomic E-state index is 4.99. The van der Waals surface area contributed by atoms with Crippen LogP contribution in [0.3, 0.4) is 0 Å². The molecule has 0 unspecified atom stereocenters. The fourth-order valence-electron chi connectivity index (χ4n) is 5.59. The molecule has 0 aliphatic carbocycles. The second-order valence-corrected chi connectivity index (χ2v) is 10.4. The van der Waals surface area contributed by atoms with Gasteiger partial charge >= 0.3 is 20.4 Å². The Hall–Kier alpha value is -5.48. The van der Waals surface area contributed by atoms with E-state index in [2.05, 4.69) is 46.2 Å². The standard InChI is InChI=1S/C38H26N6.Pd/c1-3-15-29(16-4-1)43-35-23-9-7-19-33(35)41-37(43)25-27-13-11-21-31(39-27)32-22-12-14-28(40-32)26-38-42-34-20-8-10-24-36(34)44(38)30-17-5-2-6-18-30;/h1-26H;/q-2;+2/b37-25+,38-26+;. The number of anilines is 4. The molecule has 2 aromatic heterocycles. The van der Waals surface area contributed by atoms with Crippen LogP contribution in [0.5, 0.6) is 0 Å². The molecule has 0 radical (unpaired) electrons. The Bertz CT molecular complexity index is 1890. The van der Waals surface area contributed by atoms with Crippen LogP contribution >= 0.6 is 0 Å². The third kappa shape index (κ3) is 5.52. The average Bonchev–Trinajstić information content (AvgIpc) is 3.63. The van der Waals surface area contributed by atoms with Crippen molar-refractivity contribution < 1.29 is 20.4 Å². The van der Waals surface area contributed by atoms with E-state index in [1.807, 2.05) is 121 Å². The van der Waals surface area contributed by atoms with Gasteiger partial charge in [-0.15, -0.1) is 0 Å². The molecule has 0 saturated heterocycles. The average molecular weight is 673 g/mol. The summed E-state index contributed by atoms with van der Waals surface area (Å²) in [4.78, 5) is 14.3. The molecular formula is C38H26N6Pd. The maximum atomic E-state index is 4.99. The van der Waals surface area contributed by atoms with E-state index >= 15 is 0 Å². The first kappa shape index (κ1) is 28.3. The number of nitrogens with zero attached hydrogens (tertiary/aromatic N) is 6. The monoisotopic (exact) mass is 672 g/mol. The Labute approximate surface area is 276 Å². The number of rotatable bonds is 5. The van der Waals surface area contributed by atoms with E-state index in [1.165, 1.54) is 0 Å². The van der Waals surface area contributed by atoms with Crippen molar-refractivity contribution in [3.8, 4) is 11.4 Å². The van der Waals surface area contributed by atoms with Gasteiger partial charge in [0.15, 0.2) is 0 Å². The molecule has 4 heterocycles. The van der Waals surface area contributed by atoms with Crippen LogP contribution in [-0.2, 0) is 20.4 Å². The predicted molar refractivity (Wildman–Crippen MR) is 180 cm³/mol. The molecule has 4 aromatic carbocycles. The van der Waals surface area contributed by atoms with Gasteiger partial charge in [0.1, 0.15) is 0 Å². The summed E-state index contributed by atoms with van der Waals surface area (Å²) in [6, 6.07) is 48.9. The second kappa shape index (κ2) is 12.3. The fraction of sp³-hybridized carbons (Fsp3) is 0. The molecule has 45 heavy (non-hydrogen) atoms. The van der Waals surface area contributed by atoms with Gasteiger partial charge in [0.2, 0.25) is 0 Å². The zero-order valence-corrected chi connectivity index (χ0v) is 25.6. The van der Waals surface area contributed by atoms with Crippen molar-refractivity contribution in [1.29, 1.82) is 0 Å². The van der Waals surface area contributed by atoms with E-state index in [4.69, 9.17) is 20.6 Å². The van der Waals surface area contributed by atoms with E-state index in [-0.39, 0.29) is 20.4 Å². The molecule has 0 amide bonds. The van der Waals surface area contributed by atoms with Crippen LogP contribution in [0, 0.1) is 0 Å². The molecule has 0 N–H and O–H groups in total. The Morgan fingerprint density at radius 3 is 1.27 bits per heavy atom. The number of para-hydroxylation sites is 6. The Kier molecular flexibility index (Phi) is 7.71.